The minimum absolute atomic E-state index is 0.134. The number of carboxylic acids is 1. The first-order valence-corrected chi connectivity index (χ1v) is 5.38. The molecule has 1 aromatic rings. The van der Waals surface area contributed by atoms with Gasteiger partial charge in [0.1, 0.15) is 19.0 Å². The molecule has 2 N–H and O–H groups in total. The fraction of sp³-hybridized carbons (Fsp3) is 0.333. The van der Waals surface area contributed by atoms with Crippen LogP contribution in [0.5, 0.6) is 5.75 Å². The predicted octanol–water partition coefficient (Wildman–Crippen LogP) is 1.12. The third-order valence-corrected chi connectivity index (χ3v) is 1.90. The van der Waals surface area contributed by atoms with Crippen LogP contribution >= 0.6 is 0 Å². The van der Waals surface area contributed by atoms with E-state index in [2.05, 4.69) is 5.32 Å². The lowest BCUT2D eigenvalue weighted by atomic mass is 10.3. The molecule has 0 saturated carbocycles. The maximum atomic E-state index is 10.8. The lowest BCUT2D eigenvalue weighted by Crippen LogP contribution is -2.12. The molecule has 0 aliphatic rings. The van der Waals surface area contributed by atoms with Gasteiger partial charge in [-0.2, -0.15) is 0 Å². The molecule has 0 radical (unpaired) electrons. The summed E-state index contributed by atoms with van der Waals surface area (Å²) in [6, 6.07) is 6.86. The molecule has 0 aliphatic carbocycles. The smallest absolute Gasteiger partial charge is 0.329 e. The molecule has 0 saturated heterocycles. The van der Waals surface area contributed by atoms with Crippen molar-refractivity contribution in [3.8, 4) is 5.75 Å². The van der Waals surface area contributed by atoms with Gasteiger partial charge in [0.2, 0.25) is 5.91 Å². The fourth-order valence-corrected chi connectivity index (χ4v) is 1.22. The number of anilines is 1. The highest BCUT2D eigenvalue weighted by Gasteiger charge is 1.98. The zero-order chi connectivity index (χ0) is 13.4. The molecule has 0 unspecified atom stereocenters. The van der Waals surface area contributed by atoms with Gasteiger partial charge in [0.15, 0.2) is 0 Å². The summed E-state index contributed by atoms with van der Waals surface area (Å²) in [5.74, 6) is -0.511. The Morgan fingerprint density at radius 2 is 1.89 bits per heavy atom. The Kier molecular flexibility index (Phi) is 5.66. The summed E-state index contributed by atoms with van der Waals surface area (Å²) in [6.45, 7) is 1.58. The number of ether oxygens (including phenoxy) is 2. The number of hydrogen-bond acceptors (Lipinski definition) is 4. The first-order chi connectivity index (χ1) is 8.58. The molecular weight excluding hydrogens is 238 g/mol. The van der Waals surface area contributed by atoms with E-state index in [0.29, 0.717) is 11.4 Å². The summed E-state index contributed by atoms with van der Waals surface area (Å²) in [5.41, 5.74) is 0.692. The van der Waals surface area contributed by atoms with Crippen LogP contribution in [0.3, 0.4) is 0 Å². The Morgan fingerprint density at radius 1 is 1.22 bits per heavy atom. The molecule has 1 aromatic carbocycles. The molecule has 0 heterocycles. The van der Waals surface area contributed by atoms with Crippen LogP contribution < -0.4 is 10.1 Å². The van der Waals surface area contributed by atoms with Gasteiger partial charge in [-0.3, -0.25) is 4.79 Å². The van der Waals surface area contributed by atoms with Crippen LogP contribution in [0.1, 0.15) is 6.92 Å². The normalized spacial score (nSPS) is 9.83. The second-order valence-electron chi connectivity index (χ2n) is 3.50. The Labute approximate surface area is 105 Å². The summed E-state index contributed by atoms with van der Waals surface area (Å²) >= 11 is 0. The molecule has 0 fully saturated rings. The molecule has 0 atom stereocenters. The SMILES string of the molecule is CC(=O)Nc1ccc(OCCOCC(=O)O)cc1. The van der Waals surface area contributed by atoms with Crippen LogP contribution in [-0.4, -0.2) is 36.8 Å². The van der Waals surface area contributed by atoms with Crippen molar-refractivity contribution in [2.24, 2.45) is 0 Å². The van der Waals surface area contributed by atoms with Crippen molar-refractivity contribution in [2.75, 3.05) is 25.1 Å². The second-order valence-corrected chi connectivity index (χ2v) is 3.50. The number of benzene rings is 1. The molecule has 98 valence electrons. The Balaban J connectivity index is 2.26. The van der Waals surface area contributed by atoms with E-state index in [1.165, 1.54) is 6.92 Å². The van der Waals surface area contributed by atoms with E-state index in [4.69, 9.17) is 14.6 Å². The summed E-state index contributed by atoms with van der Waals surface area (Å²) < 4.78 is 10.1. The van der Waals surface area contributed by atoms with Gasteiger partial charge in [0.25, 0.3) is 0 Å². The first kappa shape index (κ1) is 14.0. The Hall–Kier alpha value is -2.08. The first-order valence-electron chi connectivity index (χ1n) is 5.38. The van der Waals surface area contributed by atoms with E-state index in [-0.39, 0.29) is 25.7 Å². The van der Waals surface area contributed by atoms with Crippen LogP contribution in [0, 0.1) is 0 Å². The highest BCUT2D eigenvalue weighted by atomic mass is 16.5. The van der Waals surface area contributed by atoms with Gasteiger partial charge >= 0.3 is 5.97 Å². The molecule has 6 heteroatoms. The van der Waals surface area contributed by atoms with Crippen molar-refractivity contribution in [1.82, 2.24) is 0 Å². The number of aliphatic carboxylic acids is 1. The maximum Gasteiger partial charge on any atom is 0.329 e. The highest BCUT2D eigenvalue weighted by molar-refractivity contribution is 5.88. The van der Waals surface area contributed by atoms with Crippen molar-refractivity contribution in [3.05, 3.63) is 24.3 Å². The minimum atomic E-state index is -1.00. The van der Waals surface area contributed by atoms with E-state index in [1.807, 2.05) is 0 Å². The zero-order valence-corrected chi connectivity index (χ0v) is 10.0. The molecule has 0 spiro atoms. The lowest BCUT2D eigenvalue weighted by molar-refractivity contribution is -0.142. The number of amides is 1. The van der Waals surface area contributed by atoms with Crippen LogP contribution in [0.15, 0.2) is 24.3 Å². The Bertz CT molecular complexity index is 401. The quantitative estimate of drug-likeness (QED) is 0.711. The number of carbonyl (C=O) groups excluding carboxylic acids is 1. The molecule has 0 bridgehead atoms. The van der Waals surface area contributed by atoms with Crippen molar-refractivity contribution in [2.45, 2.75) is 6.92 Å². The summed E-state index contributed by atoms with van der Waals surface area (Å²) in [7, 11) is 0. The van der Waals surface area contributed by atoms with Crippen LogP contribution in [0.4, 0.5) is 5.69 Å². The van der Waals surface area contributed by atoms with Crippen LogP contribution in [0.2, 0.25) is 0 Å². The summed E-state index contributed by atoms with van der Waals surface area (Å²) in [4.78, 5) is 20.9. The molecule has 6 nitrogen and oxygen atoms in total. The van der Waals surface area contributed by atoms with E-state index in [9.17, 15) is 9.59 Å². The lowest BCUT2D eigenvalue weighted by Gasteiger charge is -2.07. The standard InChI is InChI=1S/C12H15NO5/c1-9(14)13-10-2-4-11(5-3-10)18-7-6-17-8-12(15)16/h2-5H,6-8H2,1H3,(H,13,14)(H,15,16). The highest BCUT2D eigenvalue weighted by Crippen LogP contribution is 2.15. The monoisotopic (exact) mass is 253 g/mol. The van der Waals surface area contributed by atoms with Crippen LogP contribution in [0.25, 0.3) is 0 Å². The van der Waals surface area contributed by atoms with Crippen molar-refractivity contribution in [3.63, 3.8) is 0 Å². The van der Waals surface area contributed by atoms with Gasteiger partial charge in [-0.1, -0.05) is 0 Å². The topological polar surface area (TPSA) is 84.9 Å². The third-order valence-electron chi connectivity index (χ3n) is 1.90. The second kappa shape index (κ2) is 7.29. The summed E-state index contributed by atoms with van der Waals surface area (Å²) in [6.07, 6.45) is 0. The zero-order valence-electron chi connectivity index (χ0n) is 10.0. The van der Waals surface area contributed by atoms with Gasteiger partial charge in [-0.05, 0) is 24.3 Å². The average Bonchev–Trinajstić information content (AvgIpc) is 2.30. The average molecular weight is 253 g/mol. The van der Waals surface area contributed by atoms with E-state index in [1.54, 1.807) is 24.3 Å². The van der Waals surface area contributed by atoms with Gasteiger partial charge in [0.05, 0.1) is 6.61 Å². The minimum Gasteiger partial charge on any atom is -0.491 e. The van der Waals surface area contributed by atoms with Gasteiger partial charge < -0.3 is 19.9 Å². The molecule has 1 amide bonds. The van der Waals surface area contributed by atoms with Gasteiger partial charge in [-0.15, -0.1) is 0 Å². The van der Waals surface area contributed by atoms with Gasteiger partial charge in [0, 0.05) is 12.6 Å². The summed E-state index contributed by atoms with van der Waals surface area (Å²) in [5, 5.41) is 11.0. The molecule has 1 rings (SSSR count). The fourth-order valence-electron chi connectivity index (χ4n) is 1.22. The molecule has 0 aromatic heterocycles. The predicted molar refractivity (Wildman–Crippen MR) is 64.7 cm³/mol. The molecule has 0 aliphatic heterocycles. The molecule has 18 heavy (non-hydrogen) atoms. The van der Waals surface area contributed by atoms with Crippen molar-refractivity contribution in [1.29, 1.82) is 0 Å². The largest absolute Gasteiger partial charge is 0.491 e. The number of carbonyl (C=O) groups is 2. The van der Waals surface area contributed by atoms with Crippen molar-refractivity contribution < 1.29 is 24.2 Å². The Morgan fingerprint density at radius 3 is 2.44 bits per heavy atom. The van der Waals surface area contributed by atoms with Crippen molar-refractivity contribution >= 4 is 17.6 Å². The van der Waals surface area contributed by atoms with E-state index in [0.717, 1.165) is 0 Å². The third kappa shape index (κ3) is 5.86. The number of nitrogens with one attached hydrogen (secondary N) is 1. The van der Waals surface area contributed by atoms with E-state index >= 15 is 0 Å². The van der Waals surface area contributed by atoms with Gasteiger partial charge in [-0.25, -0.2) is 4.79 Å². The number of hydrogen-bond donors (Lipinski definition) is 2. The van der Waals surface area contributed by atoms with E-state index < -0.39 is 5.97 Å². The number of rotatable bonds is 7. The maximum absolute atomic E-state index is 10.8. The number of carboxylic acid groups (broad SMARTS) is 1. The molecular formula is C12H15NO5. The van der Waals surface area contributed by atoms with Crippen LogP contribution in [-0.2, 0) is 14.3 Å².